The lowest BCUT2D eigenvalue weighted by atomic mass is 10.1. The summed E-state index contributed by atoms with van der Waals surface area (Å²) in [6.07, 6.45) is 2.33. The molecule has 1 aliphatic heterocycles. The number of nitrogens with zero attached hydrogens (tertiary/aromatic N) is 2. The highest BCUT2D eigenvalue weighted by molar-refractivity contribution is 5.69. The van der Waals surface area contributed by atoms with Crippen LogP contribution in [0.3, 0.4) is 0 Å². The standard InChI is InChI=1S/C20H19N3O6/c1-12-8-14-9-13(2-3-16(14)28-12)17-10-15(22-29-17)11-27-19(25)5-7-23-6-4-18(24)21-20(23)26/h2-4,6,9-10,12H,5,7-8,11H2,1H3,(H,21,24,26)/t12-/m1/s1. The van der Waals surface area contributed by atoms with Crippen LogP contribution in [-0.2, 0) is 29.1 Å². The summed E-state index contributed by atoms with van der Waals surface area (Å²) in [4.78, 5) is 36.7. The van der Waals surface area contributed by atoms with Crippen LogP contribution in [0.5, 0.6) is 5.75 Å². The topological polar surface area (TPSA) is 116 Å². The summed E-state index contributed by atoms with van der Waals surface area (Å²) >= 11 is 0. The van der Waals surface area contributed by atoms with Crippen molar-refractivity contribution in [1.29, 1.82) is 0 Å². The lowest BCUT2D eigenvalue weighted by Crippen LogP contribution is -2.29. The van der Waals surface area contributed by atoms with E-state index in [1.54, 1.807) is 6.07 Å². The van der Waals surface area contributed by atoms with E-state index in [0.29, 0.717) is 11.5 Å². The molecule has 1 aliphatic rings. The van der Waals surface area contributed by atoms with Crippen molar-refractivity contribution in [3.05, 3.63) is 68.6 Å². The zero-order chi connectivity index (χ0) is 20.4. The highest BCUT2D eigenvalue weighted by Gasteiger charge is 2.20. The molecule has 0 bridgehead atoms. The number of hydrogen-bond acceptors (Lipinski definition) is 7. The van der Waals surface area contributed by atoms with Gasteiger partial charge in [-0.15, -0.1) is 0 Å². The zero-order valence-electron chi connectivity index (χ0n) is 15.7. The minimum Gasteiger partial charge on any atom is -0.490 e. The van der Waals surface area contributed by atoms with Gasteiger partial charge in [-0.2, -0.15) is 0 Å². The van der Waals surface area contributed by atoms with Gasteiger partial charge in [0.2, 0.25) is 0 Å². The predicted molar refractivity (Wildman–Crippen MR) is 101 cm³/mol. The van der Waals surface area contributed by atoms with Crippen molar-refractivity contribution >= 4 is 5.97 Å². The molecule has 3 heterocycles. The van der Waals surface area contributed by atoms with Crippen LogP contribution in [0.4, 0.5) is 0 Å². The van der Waals surface area contributed by atoms with Crippen molar-refractivity contribution in [2.24, 2.45) is 0 Å². The maximum Gasteiger partial charge on any atom is 0.328 e. The lowest BCUT2D eigenvalue weighted by molar-refractivity contribution is -0.145. The Bertz CT molecular complexity index is 1160. The van der Waals surface area contributed by atoms with Crippen molar-refractivity contribution in [2.45, 2.75) is 39.0 Å². The number of esters is 1. The quantitative estimate of drug-likeness (QED) is 0.629. The van der Waals surface area contributed by atoms with E-state index < -0.39 is 17.2 Å². The summed E-state index contributed by atoms with van der Waals surface area (Å²) < 4.78 is 17.5. The van der Waals surface area contributed by atoms with E-state index in [-0.39, 0.29) is 25.7 Å². The highest BCUT2D eigenvalue weighted by atomic mass is 16.5. The van der Waals surface area contributed by atoms with Gasteiger partial charge in [-0.25, -0.2) is 4.79 Å². The number of ether oxygens (including phenoxy) is 2. The van der Waals surface area contributed by atoms with Gasteiger partial charge < -0.3 is 18.6 Å². The second-order valence-corrected chi connectivity index (χ2v) is 6.85. The van der Waals surface area contributed by atoms with Gasteiger partial charge in [0.05, 0.1) is 6.42 Å². The number of rotatable bonds is 6. The molecule has 150 valence electrons. The third-order valence-electron chi connectivity index (χ3n) is 4.57. The molecule has 0 radical (unpaired) electrons. The fraction of sp³-hybridized carbons (Fsp3) is 0.300. The van der Waals surface area contributed by atoms with E-state index >= 15 is 0 Å². The van der Waals surface area contributed by atoms with E-state index in [9.17, 15) is 14.4 Å². The second-order valence-electron chi connectivity index (χ2n) is 6.85. The van der Waals surface area contributed by atoms with Gasteiger partial charge in [0.25, 0.3) is 5.56 Å². The van der Waals surface area contributed by atoms with Crippen LogP contribution >= 0.6 is 0 Å². The van der Waals surface area contributed by atoms with Crippen LogP contribution in [0.2, 0.25) is 0 Å². The molecule has 0 unspecified atom stereocenters. The molecule has 1 aromatic carbocycles. The fourth-order valence-electron chi connectivity index (χ4n) is 3.15. The number of carbonyl (C=O) groups is 1. The third kappa shape index (κ3) is 4.29. The van der Waals surface area contributed by atoms with Crippen molar-refractivity contribution in [3.8, 4) is 17.1 Å². The molecule has 3 aromatic rings. The monoisotopic (exact) mass is 397 g/mol. The molecule has 0 saturated carbocycles. The Labute approximate surface area is 164 Å². The second kappa shape index (κ2) is 7.78. The van der Waals surface area contributed by atoms with Crippen LogP contribution in [0.25, 0.3) is 11.3 Å². The number of fused-ring (bicyclic) bond motifs is 1. The summed E-state index contributed by atoms with van der Waals surface area (Å²) in [5.74, 6) is 0.978. The first-order valence-electron chi connectivity index (χ1n) is 9.19. The van der Waals surface area contributed by atoms with Gasteiger partial charge in [0, 0.05) is 36.9 Å². The number of nitrogens with one attached hydrogen (secondary N) is 1. The smallest absolute Gasteiger partial charge is 0.328 e. The first kappa shape index (κ1) is 18.7. The number of aromatic amines is 1. The normalized spacial score (nSPS) is 15.0. The summed E-state index contributed by atoms with van der Waals surface area (Å²) in [5, 5.41) is 3.94. The average molecular weight is 397 g/mol. The fourth-order valence-corrected chi connectivity index (χ4v) is 3.15. The van der Waals surface area contributed by atoms with E-state index in [2.05, 4.69) is 10.1 Å². The van der Waals surface area contributed by atoms with Crippen molar-refractivity contribution in [1.82, 2.24) is 14.7 Å². The number of H-pyrrole nitrogens is 1. The minimum atomic E-state index is -0.569. The number of benzene rings is 1. The molecule has 0 fully saturated rings. The van der Waals surface area contributed by atoms with Gasteiger partial charge >= 0.3 is 11.7 Å². The lowest BCUT2D eigenvalue weighted by Gasteiger charge is -2.04. The van der Waals surface area contributed by atoms with Crippen LogP contribution in [0.1, 0.15) is 24.6 Å². The molecule has 1 atom stereocenters. The Morgan fingerprint density at radius 3 is 3.00 bits per heavy atom. The molecule has 0 spiro atoms. The van der Waals surface area contributed by atoms with Crippen molar-refractivity contribution < 1.29 is 18.8 Å². The Morgan fingerprint density at radius 2 is 2.17 bits per heavy atom. The molecule has 0 saturated heterocycles. The van der Waals surface area contributed by atoms with Crippen molar-refractivity contribution in [2.75, 3.05) is 0 Å². The molecule has 0 aliphatic carbocycles. The van der Waals surface area contributed by atoms with Crippen LogP contribution < -0.4 is 16.0 Å². The van der Waals surface area contributed by atoms with Gasteiger partial charge in [0.15, 0.2) is 5.76 Å². The molecule has 0 amide bonds. The van der Waals surface area contributed by atoms with Gasteiger partial charge in [-0.05, 0) is 30.7 Å². The summed E-state index contributed by atoms with van der Waals surface area (Å²) in [6, 6.07) is 8.76. The maximum atomic E-state index is 11.9. The summed E-state index contributed by atoms with van der Waals surface area (Å²) in [7, 11) is 0. The first-order valence-corrected chi connectivity index (χ1v) is 9.19. The van der Waals surface area contributed by atoms with E-state index in [4.69, 9.17) is 14.0 Å². The number of carbonyl (C=O) groups excluding carboxylic acids is 1. The molecular formula is C20H19N3O6. The van der Waals surface area contributed by atoms with Crippen LogP contribution in [0.15, 0.2) is 50.6 Å². The predicted octanol–water partition coefficient (Wildman–Crippen LogP) is 1.65. The molecule has 9 nitrogen and oxygen atoms in total. The molecule has 1 N–H and O–H groups in total. The average Bonchev–Trinajstić information content (AvgIpc) is 3.30. The van der Waals surface area contributed by atoms with E-state index in [0.717, 1.165) is 23.3 Å². The van der Waals surface area contributed by atoms with Gasteiger partial charge in [0.1, 0.15) is 24.2 Å². The number of aromatic nitrogens is 3. The first-order chi connectivity index (χ1) is 14.0. The Morgan fingerprint density at radius 1 is 1.31 bits per heavy atom. The van der Waals surface area contributed by atoms with Gasteiger partial charge in [-0.1, -0.05) is 5.16 Å². The molecule has 9 heteroatoms. The maximum absolute atomic E-state index is 11.9. The number of hydrogen-bond donors (Lipinski definition) is 1. The van der Waals surface area contributed by atoms with Crippen LogP contribution in [0, 0.1) is 0 Å². The molecule has 2 aromatic heterocycles. The van der Waals surface area contributed by atoms with E-state index in [1.807, 2.05) is 25.1 Å². The largest absolute Gasteiger partial charge is 0.490 e. The van der Waals surface area contributed by atoms with E-state index in [1.165, 1.54) is 16.8 Å². The Kier molecular flexibility index (Phi) is 5.03. The molecule has 29 heavy (non-hydrogen) atoms. The highest BCUT2D eigenvalue weighted by Crippen LogP contribution is 2.33. The Hall–Kier alpha value is -3.62. The molecular weight excluding hydrogens is 378 g/mol. The molecule has 4 rings (SSSR count). The van der Waals surface area contributed by atoms with Crippen LogP contribution in [-0.4, -0.2) is 26.8 Å². The van der Waals surface area contributed by atoms with Crippen molar-refractivity contribution in [3.63, 3.8) is 0 Å². The minimum absolute atomic E-state index is 0.0142. The Balaban J connectivity index is 1.32. The summed E-state index contributed by atoms with van der Waals surface area (Å²) in [6.45, 7) is 2.09. The summed E-state index contributed by atoms with van der Waals surface area (Å²) in [5.41, 5.74) is 1.43. The SMILES string of the molecule is C[C@@H]1Cc2cc(-c3cc(COC(=O)CCn4ccc(=O)[nH]c4=O)no3)ccc2O1. The third-order valence-corrected chi connectivity index (χ3v) is 4.57. The zero-order valence-corrected chi connectivity index (χ0v) is 15.7. The number of aryl methyl sites for hydroxylation is 1. The van der Waals surface area contributed by atoms with Gasteiger partial charge in [-0.3, -0.25) is 14.6 Å².